The molecule has 0 aliphatic carbocycles. The van der Waals surface area contributed by atoms with Crippen LogP contribution in [0.2, 0.25) is 0 Å². The van der Waals surface area contributed by atoms with Crippen LogP contribution in [-0.4, -0.2) is 261 Å². The molecule has 0 radical (unpaired) electrons. The highest BCUT2D eigenvalue weighted by atomic mass is 32.2. The third kappa shape index (κ3) is 19.9. The van der Waals surface area contributed by atoms with E-state index in [9.17, 15) is 74.3 Å². The number of carbonyl (C=O) groups is 7. The zero-order valence-corrected chi connectivity index (χ0v) is 43.9. The molecule has 4 aliphatic rings. The molecule has 29 nitrogen and oxygen atoms in total. The average Bonchev–Trinajstić information content (AvgIpc) is 3.96. The molecule has 0 aromatic heterocycles. The van der Waals surface area contributed by atoms with Gasteiger partial charge >= 0.3 is 24.1 Å². The Kier molecular flexibility index (Phi) is 25.5. The van der Waals surface area contributed by atoms with E-state index in [0.29, 0.717) is 44.0 Å². The number of alkyl carbamates (subject to hydrolysis) is 1. The molecule has 0 saturated carbocycles. The first kappa shape index (κ1) is 62.1. The Morgan fingerprint density at radius 2 is 1.64 bits per heavy atom. The molecule has 5 rings (SSSR count). The van der Waals surface area contributed by atoms with Gasteiger partial charge in [0.25, 0.3) is 12.2 Å². The number of benzene rings is 1. The van der Waals surface area contributed by atoms with E-state index in [1.165, 1.54) is 17.0 Å². The third-order valence-electron chi connectivity index (χ3n) is 13.8. The van der Waals surface area contributed by atoms with Crippen molar-refractivity contribution in [3.05, 3.63) is 33.9 Å². The van der Waals surface area contributed by atoms with E-state index in [1.54, 1.807) is 21.7 Å². The van der Waals surface area contributed by atoms with Gasteiger partial charge in [-0.3, -0.25) is 48.9 Å². The number of nitrogens with one attached hydrogen (secondary N) is 4. The van der Waals surface area contributed by atoms with E-state index >= 15 is 0 Å². The zero-order valence-electron chi connectivity index (χ0n) is 43.1. The number of nitrogens with zero attached hydrogens (tertiary/aromatic N) is 6. The number of carboxylic acids is 2. The Bertz CT molecular complexity index is 2140. The van der Waals surface area contributed by atoms with Crippen LogP contribution in [0, 0.1) is 10.1 Å². The summed E-state index contributed by atoms with van der Waals surface area (Å²) in [5.74, 6) is -2.21. The molecule has 0 bridgehead atoms. The normalized spacial score (nSPS) is 25.1. The minimum Gasteiger partial charge on any atom is -0.480 e. The monoisotopic (exact) mass is 1110 g/mol. The Morgan fingerprint density at radius 3 is 2.34 bits per heavy atom. The highest BCUT2D eigenvalue weighted by molar-refractivity contribution is 8.00. The topological polar surface area (TPSA) is 385 Å². The standard InChI is InChI=1S/C47H74N10O19S/c1-52(37(61)9-5-4-7-35-39-32(27-77-35)49-46(69)51-39)13-6-2-3-8-36(60)50-43(44(67)68)56-21-19-54(24-38(62)63)17-15-53(16-18-55(20-22-56)28-73-29-59)14-12-48-47(70)74-26-30-10-11-31(23-33(30)57(71)72)75-45-42(66)41(65)40(64)34(25-58)76-45/h10-11,23,29,32,34-35,39-43,45,58,64-66H,2-9,12-22,24-28H2,1H3,(H,48,70)(H,50,60)(H,62,63)(H,67,68)(H2,49,51,69). The van der Waals surface area contributed by atoms with Crippen molar-refractivity contribution in [3.63, 3.8) is 0 Å². The van der Waals surface area contributed by atoms with Crippen LogP contribution in [0.3, 0.4) is 0 Å². The maximum atomic E-state index is 13.2. The number of carboxylic acid groups (broad SMARTS) is 2. The van der Waals surface area contributed by atoms with E-state index in [2.05, 4.69) is 21.3 Å². The number of aliphatic hydroxyl groups is 4. The molecule has 4 aliphatic heterocycles. The number of ether oxygens (including phenoxy) is 4. The van der Waals surface area contributed by atoms with Gasteiger partial charge in [0.1, 0.15) is 43.5 Å². The number of hydrogen-bond acceptors (Lipinski definition) is 22. The average molecular weight is 1120 g/mol. The summed E-state index contributed by atoms with van der Waals surface area (Å²) in [4.78, 5) is 106. The summed E-state index contributed by atoms with van der Waals surface area (Å²) in [5.41, 5.74) is -0.549. The molecule has 5 amide bonds. The molecule has 4 heterocycles. The lowest BCUT2D eigenvalue weighted by Gasteiger charge is -2.39. The second kappa shape index (κ2) is 31.6. The second-order valence-electron chi connectivity index (χ2n) is 19.2. The van der Waals surface area contributed by atoms with Gasteiger partial charge in [-0.1, -0.05) is 12.8 Å². The Hall–Kier alpha value is -5.70. The summed E-state index contributed by atoms with van der Waals surface area (Å²) in [6, 6.07) is 3.66. The largest absolute Gasteiger partial charge is 0.480 e. The van der Waals surface area contributed by atoms with Crippen molar-refractivity contribution < 1.29 is 88.1 Å². The number of fused-ring (bicyclic) bond motifs is 1. The predicted octanol–water partition coefficient (Wildman–Crippen LogP) is -2.29. The van der Waals surface area contributed by atoms with E-state index in [1.807, 2.05) is 16.7 Å². The lowest BCUT2D eigenvalue weighted by atomic mass is 9.99. The number of amides is 5. The smallest absolute Gasteiger partial charge is 0.407 e. The van der Waals surface area contributed by atoms with Crippen molar-refractivity contribution in [2.75, 3.05) is 105 Å². The summed E-state index contributed by atoms with van der Waals surface area (Å²) >= 11 is 1.84. The Morgan fingerprint density at radius 1 is 0.935 bits per heavy atom. The molecule has 4 fully saturated rings. The number of aliphatic hydroxyl groups excluding tert-OH is 4. The quantitative estimate of drug-likeness (QED) is 0.0139. The van der Waals surface area contributed by atoms with E-state index in [0.717, 1.165) is 31.1 Å². The van der Waals surface area contributed by atoms with Crippen LogP contribution in [0.1, 0.15) is 56.9 Å². The number of rotatable bonds is 28. The Labute approximate surface area is 448 Å². The van der Waals surface area contributed by atoms with Crippen LogP contribution in [0.15, 0.2) is 18.2 Å². The van der Waals surface area contributed by atoms with Crippen LogP contribution in [0.5, 0.6) is 5.75 Å². The second-order valence-corrected chi connectivity index (χ2v) is 20.5. The van der Waals surface area contributed by atoms with Gasteiger partial charge in [-0.25, -0.2) is 14.4 Å². The molecule has 9 atom stereocenters. The maximum absolute atomic E-state index is 13.2. The fraction of sp³-hybridized carbons (Fsp3) is 0.723. The number of thioether (sulfide) groups is 1. The molecular formula is C47H74N10O19S. The van der Waals surface area contributed by atoms with Gasteiger partial charge in [0.2, 0.25) is 18.1 Å². The van der Waals surface area contributed by atoms with Crippen molar-refractivity contribution in [1.29, 1.82) is 0 Å². The van der Waals surface area contributed by atoms with E-state index in [-0.39, 0.29) is 120 Å². The van der Waals surface area contributed by atoms with Gasteiger partial charge in [-0.05, 0) is 37.8 Å². The summed E-state index contributed by atoms with van der Waals surface area (Å²) in [6.07, 6.45) is -5.73. The minimum atomic E-state index is -1.76. The van der Waals surface area contributed by atoms with E-state index < -0.39 is 84.6 Å². The fourth-order valence-corrected chi connectivity index (χ4v) is 10.8. The summed E-state index contributed by atoms with van der Waals surface area (Å²) in [6.45, 7) is 0.633. The van der Waals surface area contributed by atoms with E-state index in [4.69, 9.17) is 18.9 Å². The zero-order chi connectivity index (χ0) is 56.0. The van der Waals surface area contributed by atoms with Crippen molar-refractivity contribution in [2.24, 2.45) is 0 Å². The van der Waals surface area contributed by atoms with Crippen LogP contribution in [0.25, 0.3) is 0 Å². The number of hydrogen-bond donors (Lipinski definition) is 10. The van der Waals surface area contributed by atoms with Crippen LogP contribution in [-0.2, 0) is 44.8 Å². The van der Waals surface area contributed by atoms with Gasteiger partial charge in [-0.2, -0.15) is 11.8 Å². The highest BCUT2D eigenvalue weighted by Gasteiger charge is 2.45. The summed E-state index contributed by atoms with van der Waals surface area (Å²) in [7, 11) is 1.74. The SMILES string of the molecule is CN(CCCCCC(=O)NC(C(=O)O)N1CCN(COC=O)CCN(CCNC(=O)OCc2ccc(OC3OC(CO)C(O)C(O)C3O)cc2[N+](=O)[O-])CCN(CC(=O)O)CC1)C(=O)CCCCC1SCC2NC(=O)NC21. The van der Waals surface area contributed by atoms with Gasteiger partial charge in [0.05, 0.1) is 41.8 Å². The molecule has 0 spiro atoms. The predicted molar refractivity (Wildman–Crippen MR) is 271 cm³/mol. The van der Waals surface area contributed by atoms with Gasteiger partial charge in [0, 0.05) is 103 Å². The molecule has 432 valence electrons. The number of urea groups is 1. The number of unbranched alkanes of at least 4 members (excludes halogenated alkanes) is 3. The fourth-order valence-electron chi connectivity index (χ4n) is 9.29. The lowest BCUT2D eigenvalue weighted by Crippen LogP contribution is -2.60. The van der Waals surface area contributed by atoms with Crippen molar-refractivity contribution in [2.45, 2.75) is 112 Å². The molecular weight excluding hydrogens is 1040 g/mol. The number of nitro groups is 1. The van der Waals surface area contributed by atoms with Crippen molar-refractivity contribution in [3.8, 4) is 5.75 Å². The molecule has 77 heavy (non-hydrogen) atoms. The maximum Gasteiger partial charge on any atom is 0.407 e. The number of nitro benzene ring substituents is 1. The van der Waals surface area contributed by atoms with Crippen LogP contribution < -0.4 is 26.0 Å². The highest BCUT2D eigenvalue weighted by Crippen LogP contribution is 2.33. The molecule has 1 aromatic rings. The van der Waals surface area contributed by atoms with Crippen LogP contribution in [0.4, 0.5) is 15.3 Å². The van der Waals surface area contributed by atoms with Gasteiger partial charge < -0.3 is 75.8 Å². The first-order chi connectivity index (χ1) is 36.9. The molecule has 1 aromatic carbocycles. The lowest BCUT2D eigenvalue weighted by molar-refractivity contribution is -0.386. The first-order valence-corrected chi connectivity index (χ1v) is 26.7. The van der Waals surface area contributed by atoms with Gasteiger partial charge in [-0.15, -0.1) is 0 Å². The number of carbonyl (C=O) groups excluding carboxylic acids is 5. The van der Waals surface area contributed by atoms with Crippen molar-refractivity contribution in [1.82, 2.24) is 45.8 Å². The summed E-state index contributed by atoms with van der Waals surface area (Å²) in [5, 5.41) is 83.3. The Balaban J connectivity index is 1.06. The summed E-state index contributed by atoms with van der Waals surface area (Å²) < 4.78 is 21.1. The molecule has 9 unspecified atom stereocenters. The molecule has 4 saturated heterocycles. The molecule has 10 N–H and O–H groups in total. The third-order valence-corrected chi connectivity index (χ3v) is 15.3. The minimum absolute atomic E-state index is 0.0190. The van der Waals surface area contributed by atoms with Gasteiger partial charge in [0.15, 0.2) is 6.17 Å². The van der Waals surface area contributed by atoms with Crippen LogP contribution >= 0.6 is 11.8 Å². The number of aliphatic carboxylic acids is 2. The molecule has 30 heteroatoms. The first-order valence-electron chi connectivity index (χ1n) is 25.6. The van der Waals surface area contributed by atoms with Crippen molar-refractivity contribution >= 4 is 59.8 Å².